The van der Waals surface area contributed by atoms with E-state index in [0.717, 1.165) is 0 Å². The van der Waals surface area contributed by atoms with Crippen LogP contribution in [0.3, 0.4) is 0 Å². The van der Waals surface area contributed by atoms with Crippen LogP contribution in [-0.4, -0.2) is 23.0 Å². The van der Waals surface area contributed by atoms with Gasteiger partial charge in [-0.25, -0.2) is 9.79 Å². The summed E-state index contributed by atoms with van der Waals surface area (Å²) in [5.41, 5.74) is 15.5. The number of carboxylic acids is 1. The van der Waals surface area contributed by atoms with Crippen molar-refractivity contribution in [1.82, 2.24) is 0 Å². The first-order chi connectivity index (χ1) is 8.32. The maximum absolute atomic E-state index is 11.1. The van der Waals surface area contributed by atoms with Crippen LogP contribution in [0.25, 0.3) is 0 Å². The average molecular weight is 335 g/mol. The molecule has 0 amide bonds. The molecule has 0 aromatic heterocycles. The fourth-order valence-corrected chi connectivity index (χ4v) is 1.78. The molecule has 0 saturated heterocycles. The lowest BCUT2D eigenvalue weighted by atomic mass is 10.2. The van der Waals surface area contributed by atoms with Crippen LogP contribution in [0.1, 0.15) is 10.4 Å². The lowest BCUT2D eigenvalue weighted by molar-refractivity contribution is 0.0698. The van der Waals surface area contributed by atoms with Gasteiger partial charge in [0.2, 0.25) is 5.96 Å². The number of aromatic carboxylic acids is 1. The fraction of sp³-hybridized carbons (Fsp3) is 0. The van der Waals surface area contributed by atoms with Gasteiger partial charge in [0.05, 0.1) is 10.7 Å². The van der Waals surface area contributed by atoms with E-state index in [0.29, 0.717) is 4.47 Å². The Hall–Kier alpha value is -1.80. The highest BCUT2D eigenvalue weighted by molar-refractivity contribution is 9.10. The zero-order chi connectivity index (χ0) is 13.9. The van der Waals surface area contributed by atoms with Gasteiger partial charge in [-0.2, -0.15) is 4.99 Å². The first kappa shape index (κ1) is 14.3. The molecule has 0 unspecified atom stereocenters. The number of nitrogens with zero attached hydrogens (tertiary/aromatic N) is 2. The summed E-state index contributed by atoms with van der Waals surface area (Å²) in [5, 5.41) is 9.09. The van der Waals surface area contributed by atoms with Gasteiger partial charge in [0, 0.05) is 4.47 Å². The molecule has 0 heterocycles. The normalized spacial score (nSPS) is 11.1. The molecule has 96 valence electrons. The summed E-state index contributed by atoms with van der Waals surface area (Å²) in [6.45, 7) is 0. The molecule has 0 atom stereocenters. The first-order valence-electron chi connectivity index (χ1n) is 4.48. The number of halogens is 2. The molecule has 1 aromatic rings. The lowest BCUT2D eigenvalue weighted by Gasteiger charge is -2.06. The molecule has 7 nitrogen and oxygen atoms in total. The molecule has 18 heavy (non-hydrogen) atoms. The standard InChI is InChI=1S/C9H9BrClN5O2/c10-3-1-2-4(11)5(7(17)18)6(3)15-9(14)16-8(12)13/h1-2H,(H,17,18)(H6,12,13,14,15,16). The Morgan fingerprint density at radius 1 is 1.33 bits per heavy atom. The monoisotopic (exact) mass is 333 g/mol. The topological polar surface area (TPSA) is 140 Å². The van der Waals surface area contributed by atoms with Crippen LogP contribution in [-0.2, 0) is 0 Å². The van der Waals surface area contributed by atoms with E-state index in [4.69, 9.17) is 33.9 Å². The fourth-order valence-electron chi connectivity index (χ4n) is 1.13. The van der Waals surface area contributed by atoms with Crippen molar-refractivity contribution < 1.29 is 9.90 Å². The Morgan fingerprint density at radius 3 is 2.44 bits per heavy atom. The van der Waals surface area contributed by atoms with Gasteiger partial charge < -0.3 is 22.3 Å². The lowest BCUT2D eigenvalue weighted by Crippen LogP contribution is -2.26. The minimum absolute atomic E-state index is 0.0296. The first-order valence-corrected chi connectivity index (χ1v) is 5.65. The number of hydrogen-bond acceptors (Lipinski definition) is 2. The largest absolute Gasteiger partial charge is 0.478 e. The van der Waals surface area contributed by atoms with Gasteiger partial charge in [-0.15, -0.1) is 0 Å². The third kappa shape index (κ3) is 3.34. The second kappa shape index (κ2) is 5.69. The summed E-state index contributed by atoms with van der Waals surface area (Å²) < 4.78 is 0.401. The van der Waals surface area contributed by atoms with Crippen molar-refractivity contribution in [2.24, 2.45) is 27.2 Å². The van der Waals surface area contributed by atoms with Crippen LogP contribution in [0.2, 0.25) is 5.02 Å². The molecule has 1 aromatic carbocycles. The molecule has 0 fully saturated rings. The van der Waals surface area contributed by atoms with Crippen molar-refractivity contribution >= 4 is 51.1 Å². The van der Waals surface area contributed by atoms with Crippen molar-refractivity contribution in [3.63, 3.8) is 0 Å². The summed E-state index contributed by atoms with van der Waals surface area (Å²) >= 11 is 8.94. The highest BCUT2D eigenvalue weighted by Gasteiger charge is 2.17. The van der Waals surface area contributed by atoms with E-state index < -0.39 is 5.97 Å². The molecule has 0 saturated carbocycles. The van der Waals surface area contributed by atoms with E-state index in [2.05, 4.69) is 25.9 Å². The summed E-state index contributed by atoms with van der Waals surface area (Å²) in [6, 6.07) is 2.96. The second-order valence-electron chi connectivity index (χ2n) is 3.06. The number of carboxylic acid groups (broad SMARTS) is 1. The zero-order valence-electron chi connectivity index (χ0n) is 8.89. The molecule has 0 aliphatic carbocycles. The van der Waals surface area contributed by atoms with Gasteiger partial charge >= 0.3 is 5.97 Å². The van der Waals surface area contributed by atoms with Gasteiger partial charge in [0.15, 0.2) is 5.96 Å². The minimum Gasteiger partial charge on any atom is -0.478 e. The van der Waals surface area contributed by atoms with Gasteiger partial charge in [-0.1, -0.05) is 11.6 Å². The molecule has 1 rings (SSSR count). The number of rotatable bonds is 2. The number of hydrogen-bond donors (Lipinski definition) is 4. The zero-order valence-corrected chi connectivity index (χ0v) is 11.2. The second-order valence-corrected chi connectivity index (χ2v) is 4.33. The Morgan fingerprint density at radius 2 is 1.94 bits per heavy atom. The molecule has 7 N–H and O–H groups in total. The van der Waals surface area contributed by atoms with E-state index in [1.807, 2.05) is 0 Å². The van der Waals surface area contributed by atoms with Crippen molar-refractivity contribution in [1.29, 1.82) is 0 Å². The molecule has 0 aliphatic heterocycles. The summed E-state index contributed by atoms with van der Waals surface area (Å²) in [4.78, 5) is 18.4. The van der Waals surface area contributed by atoms with Crippen LogP contribution < -0.4 is 17.2 Å². The van der Waals surface area contributed by atoms with Crippen LogP contribution in [0.4, 0.5) is 5.69 Å². The Balaban J connectivity index is 3.45. The van der Waals surface area contributed by atoms with E-state index in [1.54, 1.807) is 0 Å². The maximum atomic E-state index is 11.1. The van der Waals surface area contributed by atoms with Gasteiger partial charge in [-0.3, -0.25) is 0 Å². The van der Waals surface area contributed by atoms with Crippen LogP contribution in [0.5, 0.6) is 0 Å². The van der Waals surface area contributed by atoms with Gasteiger partial charge in [0.25, 0.3) is 0 Å². The van der Waals surface area contributed by atoms with E-state index in [-0.39, 0.29) is 28.2 Å². The highest BCUT2D eigenvalue weighted by atomic mass is 79.9. The Bertz CT molecular complexity index is 554. The molecular weight excluding hydrogens is 325 g/mol. The van der Waals surface area contributed by atoms with Crippen molar-refractivity contribution in [3.05, 3.63) is 27.2 Å². The summed E-state index contributed by atoms with van der Waals surface area (Å²) in [7, 11) is 0. The van der Waals surface area contributed by atoms with E-state index >= 15 is 0 Å². The SMILES string of the molecule is NC(N)=NC(N)=Nc1c(Br)ccc(Cl)c1C(=O)O. The molecule has 0 radical (unpaired) electrons. The Kier molecular flexibility index (Phi) is 4.51. The Labute approximate surface area is 115 Å². The predicted octanol–water partition coefficient (Wildman–Crippen LogP) is 1.02. The number of aliphatic imine (C=N–C) groups is 2. The van der Waals surface area contributed by atoms with Gasteiger partial charge in [0.1, 0.15) is 5.56 Å². The summed E-state index contributed by atoms with van der Waals surface area (Å²) in [5.74, 6) is -1.80. The maximum Gasteiger partial charge on any atom is 0.339 e. The van der Waals surface area contributed by atoms with E-state index in [9.17, 15) is 4.79 Å². The number of guanidine groups is 2. The smallest absolute Gasteiger partial charge is 0.339 e. The highest BCUT2D eigenvalue weighted by Crippen LogP contribution is 2.34. The number of nitrogens with two attached hydrogens (primary N) is 3. The van der Waals surface area contributed by atoms with Crippen LogP contribution in [0.15, 0.2) is 26.6 Å². The number of carbonyl (C=O) groups is 1. The molecule has 0 aliphatic rings. The van der Waals surface area contributed by atoms with E-state index in [1.165, 1.54) is 12.1 Å². The van der Waals surface area contributed by atoms with Crippen LogP contribution >= 0.6 is 27.5 Å². The third-order valence-corrected chi connectivity index (χ3v) is 2.72. The quantitative estimate of drug-likeness (QED) is 0.472. The molecule has 0 bridgehead atoms. The predicted molar refractivity (Wildman–Crippen MR) is 73.2 cm³/mol. The molecular formula is C9H9BrClN5O2. The van der Waals surface area contributed by atoms with Gasteiger partial charge in [-0.05, 0) is 28.1 Å². The van der Waals surface area contributed by atoms with Crippen LogP contribution in [0, 0.1) is 0 Å². The van der Waals surface area contributed by atoms with Crippen molar-refractivity contribution in [2.45, 2.75) is 0 Å². The molecule has 9 heteroatoms. The van der Waals surface area contributed by atoms with Crippen molar-refractivity contribution in [3.8, 4) is 0 Å². The summed E-state index contributed by atoms with van der Waals surface area (Å²) in [6.07, 6.45) is 0. The number of benzene rings is 1. The van der Waals surface area contributed by atoms with Crippen molar-refractivity contribution in [2.75, 3.05) is 0 Å². The molecule has 0 spiro atoms. The average Bonchev–Trinajstić information content (AvgIpc) is 2.21. The third-order valence-electron chi connectivity index (χ3n) is 1.76. The minimum atomic E-state index is -1.24.